The highest BCUT2D eigenvalue weighted by Gasteiger charge is 2.23. The van der Waals surface area contributed by atoms with E-state index in [2.05, 4.69) is 27.4 Å². The smallest absolute Gasteiger partial charge is 0.321 e. The van der Waals surface area contributed by atoms with E-state index in [0.717, 1.165) is 25.9 Å². The molecule has 114 valence electrons. The fraction of sp³-hybridized carbons (Fsp3) is 0.312. The number of pyridine rings is 2. The van der Waals surface area contributed by atoms with E-state index in [4.69, 9.17) is 11.6 Å². The third-order valence-electron chi connectivity index (χ3n) is 3.94. The van der Waals surface area contributed by atoms with Crippen LogP contribution in [0.5, 0.6) is 0 Å². The number of anilines is 1. The second kappa shape index (κ2) is 6.75. The maximum atomic E-state index is 12.2. The number of hydrogen-bond donors (Lipinski definition) is 1. The number of halogens is 1. The molecule has 0 radical (unpaired) electrons. The van der Waals surface area contributed by atoms with Crippen LogP contribution in [0.3, 0.4) is 0 Å². The molecule has 22 heavy (non-hydrogen) atoms. The van der Waals surface area contributed by atoms with Crippen molar-refractivity contribution in [1.82, 2.24) is 14.9 Å². The van der Waals surface area contributed by atoms with Gasteiger partial charge in [-0.2, -0.15) is 0 Å². The summed E-state index contributed by atoms with van der Waals surface area (Å²) in [6.07, 6.45) is 7.14. The Bertz CT molecular complexity index is 624. The highest BCUT2D eigenvalue weighted by Crippen LogP contribution is 2.27. The van der Waals surface area contributed by atoms with E-state index in [1.165, 1.54) is 5.56 Å². The molecule has 1 saturated heterocycles. The molecule has 3 heterocycles. The normalized spacial score (nSPS) is 15.6. The number of likely N-dealkylation sites (tertiary alicyclic amines) is 1. The molecule has 0 atom stereocenters. The molecule has 5 nitrogen and oxygen atoms in total. The molecule has 0 bridgehead atoms. The van der Waals surface area contributed by atoms with E-state index in [1.807, 2.05) is 17.3 Å². The molecule has 0 aliphatic carbocycles. The lowest BCUT2D eigenvalue weighted by molar-refractivity contribution is 0.194. The molecular weight excluding hydrogens is 300 g/mol. The van der Waals surface area contributed by atoms with Crippen molar-refractivity contribution in [2.24, 2.45) is 0 Å². The minimum absolute atomic E-state index is 0.0858. The number of aromatic nitrogens is 2. The number of piperidine rings is 1. The third-order valence-corrected chi connectivity index (χ3v) is 4.16. The zero-order chi connectivity index (χ0) is 15.4. The lowest BCUT2D eigenvalue weighted by Crippen LogP contribution is -2.40. The quantitative estimate of drug-likeness (QED) is 0.862. The molecule has 3 rings (SSSR count). The molecule has 0 spiro atoms. The standard InChI is InChI=1S/C16H17ClN4O/c17-15-2-1-14(11-19-15)20-16(22)21-9-5-13(6-10-21)12-3-7-18-8-4-12/h1-4,7-8,11,13H,5-6,9-10H2,(H,20,22). The van der Waals surface area contributed by atoms with Crippen LogP contribution in [0.2, 0.25) is 5.15 Å². The Morgan fingerprint density at radius 1 is 1.18 bits per heavy atom. The Kier molecular flexibility index (Phi) is 4.53. The van der Waals surface area contributed by atoms with E-state index in [-0.39, 0.29) is 6.03 Å². The van der Waals surface area contributed by atoms with Crippen molar-refractivity contribution in [1.29, 1.82) is 0 Å². The van der Waals surface area contributed by atoms with E-state index < -0.39 is 0 Å². The van der Waals surface area contributed by atoms with Crippen LogP contribution in [-0.4, -0.2) is 34.0 Å². The number of carbonyl (C=O) groups excluding carboxylic acids is 1. The van der Waals surface area contributed by atoms with Crippen LogP contribution in [0.4, 0.5) is 10.5 Å². The van der Waals surface area contributed by atoms with Crippen molar-refractivity contribution in [3.8, 4) is 0 Å². The number of urea groups is 1. The van der Waals surface area contributed by atoms with Crippen LogP contribution in [0, 0.1) is 0 Å². The van der Waals surface area contributed by atoms with Gasteiger partial charge in [-0.3, -0.25) is 4.98 Å². The average Bonchev–Trinajstić information content (AvgIpc) is 2.58. The fourth-order valence-corrected chi connectivity index (χ4v) is 2.82. The monoisotopic (exact) mass is 316 g/mol. The largest absolute Gasteiger partial charge is 0.324 e. The van der Waals surface area contributed by atoms with Gasteiger partial charge in [-0.25, -0.2) is 9.78 Å². The first-order chi connectivity index (χ1) is 10.7. The summed E-state index contributed by atoms with van der Waals surface area (Å²) in [7, 11) is 0. The molecule has 1 aliphatic heterocycles. The number of hydrogen-bond acceptors (Lipinski definition) is 3. The maximum absolute atomic E-state index is 12.2. The van der Waals surface area contributed by atoms with E-state index in [9.17, 15) is 4.79 Å². The predicted molar refractivity (Wildman–Crippen MR) is 86.1 cm³/mol. The zero-order valence-corrected chi connectivity index (χ0v) is 12.8. The summed E-state index contributed by atoms with van der Waals surface area (Å²) in [5.41, 5.74) is 1.96. The molecule has 6 heteroatoms. The van der Waals surface area contributed by atoms with Gasteiger partial charge >= 0.3 is 6.03 Å². The van der Waals surface area contributed by atoms with Gasteiger partial charge in [0, 0.05) is 25.5 Å². The second-order valence-corrected chi connectivity index (χ2v) is 5.73. The van der Waals surface area contributed by atoms with Gasteiger partial charge in [0.2, 0.25) is 0 Å². The molecule has 2 aromatic heterocycles. The summed E-state index contributed by atoms with van der Waals surface area (Å²) in [4.78, 5) is 22.1. The van der Waals surface area contributed by atoms with Gasteiger partial charge in [0.05, 0.1) is 11.9 Å². The Balaban J connectivity index is 1.54. The fourth-order valence-electron chi connectivity index (χ4n) is 2.70. The van der Waals surface area contributed by atoms with Crippen molar-refractivity contribution < 1.29 is 4.79 Å². The number of carbonyl (C=O) groups is 1. The lowest BCUT2D eigenvalue weighted by Gasteiger charge is -2.32. The maximum Gasteiger partial charge on any atom is 0.321 e. The number of amides is 2. The highest BCUT2D eigenvalue weighted by atomic mass is 35.5. The number of nitrogens with zero attached hydrogens (tertiary/aromatic N) is 3. The summed E-state index contributed by atoms with van der Waals surface area (Å²) >= 11 is 5.73. The first kappa shape index (κ1) is 14.8. The summed E-state index contributed by atoms with van der Waals surface area (Å²) in [5.74, 6) is 0.504. The van der Waals surface area contributed by atoms with Gasteiger partial charge < -0.3 is 10.2 Å². The molecule has 0 saturated carbocycles. The lowest BCUT2D eigenvalue weighted by atomic mass is 9.90. The Labute approximate surface area is 134 Å². The minimum atomic E-state index is -0.0858. The first-order valence-electron chi connectivity index (χ1n) is 7.30. The van der Waals surface area contributed by atoms with Crippen molar-refractivity contribution in [3.63, 3.8) is 0 Å². The molecule has 1 aliphatic rings. The molecule has 1 fully saturated rings. The summed E-state index contributed by atoms with van der Waals surface area (Å²) < 4.78 is 0. The van der Waals surface area contributed by atoms with E-state index in [1.54, 1.807) is 18.3 Å². The summed E-state index contributed by atoms with van der Waals surface area (Å²) in [6, 6.07) is 7.43. The Morgan fingerprint density at radius 2 is 1.91 bits per heavy atom. The van der Waals surface area contributed by atoms with Gasteiger partial charge in [0.1, 0.15) is 5.15 Å². The topological polar surface area (TPSA) is 58.1 Å². The van der Waals surface area contributed by atoms with Crippen LogP contribution >= 0.6 is 11.6 Å². The Hall–Kier alpha value is -2.14. The van der Waals surface area contributed by atoms with Crippen LogP contribution in [0.25, 0.3) is 0 Å². The molecule has 1 N–H and O–H groups in total. The Morgan fingerprint density at radius 3 is 2.55 bits per heavy atom. The van der Waals surface area contributed by atoms with E-state index >= 15 is 0 Å². The minimum Gasteiger partial charge on any atom is -0.324 e. The van der Waals surface area contributed by atoms with Gasteiger partial charge in [0.25, 0.3) is 0 Å². The van der Waals surface area contributed by atoms with Gasteiger partial charge in [-0.1, -0.05) is 11.6 Å². The third kappa shape index (κ3) is 3.54. The number of rotatable bonds is 2. The van der Waals surface area contributed by atoms with Crippen LogP contribution < -0.4 is 5.32 Å². The van der Waals surface area contributed by atoms with Gasteiger partial charge in [-0.05, 0) is 48.6 Å². The second-order valence-electron chi connectivity index (χ2n) is 5.34. The van der Waals surface area contributed by atoms with Crippen LogP contribution in [-0.2, 0) is 0 Å². The SMILES string of the molecule is O=C(Nc1ccc(Cl)nc1)N1CCC(c2ccncc2)CC1. The summed E-state index contributed by atoms with van der Waals surface area (Å²) in [6.45, 7) is 1.50. The molecule has 0 aromatic carbocycles. The predicted octanol–water partition coefficient (Wildman–Crippen LogP) is 3.54. The van der Waals surface area contributed by atoms with Crippen molar-refractivity contribution in [2.75, 3.05) is 18.4 Å². The average molecular weight is 317 g/mol. The zero-order valence-electron chi connectivity index (χ0n) is 12.1. The molecular formula is C16H17ClN4O. The first-order valence-corrected chi connectivity index (χ1v) is 7.67. The van der Waals surface area contributed by atoms with Crippen molar-refractivity contribution in [2.45, 2.75) is 18.8 Å². The summed E-state index contributed by atoms with van der Waals surface area (Å²) in [5, 5.41) is 3.26. The molecule has 2 amide bonds. The molecule has 0 unspecified atom stereocenters. The van der Waals surface area contributed by atoms with Crippen LogP contribution in [0.1, 0.15) is 24.3 Å². The van der Waals surface area contributed by atoms with Gasteiger partial charge in [-0.15, -0.1) is 0 Å². The highest BCUT2D eigenvalue weighted by molar-refractivity contribution is 6.29. The van der Waals surface area contributed by atoms with Crippen molar-refractivity contribution in [3.05, 3.63) is 53.6 Å². The van der Waals surface area contributed by atoms with Crippen LogP contribution in [0.15, 0.2) is 42.9 Å². The van der Waals surface area contributed by atoms with Gasteiger partial charge in [0.15, 0.2) is 0 Å². The van der Waals surface area contributed by atoms with Crippen molar-refractivity contribution >= 4 is 23.3 Å². The molecule has 2 aromatic rings. The number of nitrogens with one attached hydrogen (secondary N) is 1. The van der Waals surface area contributed by atoms with E-state index in [0.29, 0.717) is 16.8 Å².